The van der Waals surface area contributed by atoms with Gasteiger partial charge in [0, 0.05) is 19.0 Å². The van der Waals surface area contributed by atoms with E-state index >= 15 is 0 Å². The Morgan fingerprint density at radius 1 is 1.44 bits per heavy atom. The Bertz CT molecular complexity index is 524. The quantitative estimate of drug-likeness (QED) is 0.827. The van der Waals surface area contributed by atoms with E-state index in [0.29, 0.717) is 17.1 Å². The molecule has 0 saturated carbocycles. The molecule has 2 heterocycles. The van der Waals surface area contributed by atoms with E-state index in [4.69, 9.17) is 17.0 Å². The van der Waals surface area contributed by atoms with Crippen LogP contribution in [0.25, 0.3) is 11.5 Å². The number of methoxy groups -OCH3 is 1. The summed E-state index contributed by atoms with van der Waals surface area (Å²) in [6, 6.07) is 7.43. The summed E-state index contributed by atoms with van der Waals surface area (Å²) in [7, 11) is 1.64. The lowest BCUT2D eigenvalue weighted by Gasteiger charge is -2.04. The Kier molecular flexibility index (Phi) is 3.38. The van der Waals surface area contributed by atoms with Gasteiger partial charge in [0.25, 0.3) is 0 Å². The predicted octanol–water partition coefficient (Wildman–Crippen LogP) is 2.35. The average molecular weight is 233 g/mol. The average Bonchev–Trinajstić information content (AvgIpc) is 2.30. The number of hydrogen-bond acceptors (Lipinski definition) is 4. The number of hydrogen-bond donors (Lipinski definition) is 1. The smallest absolute Gasteiger partial charge is 0.157 e. The molecule has 0 spiro atoms. The van der Waals surface area contributed by atoms with Gasteiger partial charge in [-0.15, -0.1) is 0 Å². The Hall–Kier alpha value is -1.59. The minimum atomic E-state index is 0.478. The maximum Gasteiger partial charge on any atom is 0.157 e. The summed E-state index contributed by atoms with van der Waals surface area (Å²) < 4.78 is 5.58. The highest BCUT2D eigenvalue weighted by molar-refractivity contribution is 7.71. The molecule has 0 bridgehead atoms. The third-order valence-electron chi connectivity index (χ3n) is 2.01. The van der Waals surface area contributed by atoms with Crippen LogP contribution in [-0.4, -0.2) is 22.1 Å². The highest BCUT2D eigenvalue weighted by atomic mass is 32.1. The van der Waals surface area contributed by atoms with Crippen molar-refractivity contribution >= 4 is 12.2 Å². The molecule has 4 nitrogen and oxygen atoms in total. The highest BCUT2D eigenvalue weighted by Crippen LogP contribution is 2.11. The molecule has 0 aromatic carbocycles. The summed E-state index contributed by atoms with van der Waals surface area (Å²) in [5.74, 6) is 0.667. The van der Waals surface area contributed by atoms with Gasteiger partial charge in [-0.3, -0.25) is 4.98 Å². The molecule has 2 aromatic heterocycles. The molecule has 2 rings (SSSR count). The maximum absolute atomic E-state index is 5.09. The van der Waals surface area contributed by atoms with Gasteiger partial charge in [-0.2, -0.15) is 0 Å². The summed E-state index contributed by atoms with van der Waals surface area (Å²) in [5, 5.41) is 0. The molecule has 0 aliphatic heterocycles. The molecule has 82 valence electrons. The highest BCUT2D eigenvalue weighted by Gasteiger charge is 2.02. The van der Waals surface area contributed by atoms with E-state index in [1.165, 1.54) is 0 Å². The van der Waals surface area contributed by atoms with Crippen LogP contribution in [-0.2, 0) is 11.3 Å². The molecule has 2 aromatic rings. The minimum absolute atomic E-state index is 0.478. The van der Waals surface area contributed by atoms with E-state index in [1.54, 1.807) is 19.4 Å². The van der Waals surface area contributed by atoms with Gasteiger partial charge in [-0.05, 0) is 18.2 Å². The van der Waals surface area contributed by atoms with E-state index in [2.05, 4.69) is 15.0 Å². The summed E-state index contributed by atoms with van der Waals surface area (Å²) in [4.78, 5) is 11.6. The van der Waals surface area contributed by atoms with E-state index < -0.39 is 0 Å². The predicted molar refractivity (Wildman–Crippen MR) is 63.4 cm³/mol. The summed E-state index contributed by atoms with van der Waals surface area (Å²) >= 11 is 5.09. The van der Waals surface area contributed by atoms with Gasteiger partial charge < -0.3 is 9.72 Å². The zero-order valence-electron chi connectivity index (χ0n) is 8.80. The van der Waals surface area contributed by atoms with E-state index in [1.807, 2.05) is 18.2 Å². The lowest BCUT2D eigenvalue weighted by Crippen LogP contribution is -1.98. The zero-order chi connectivity index (χ0) is 11.4. The number of pyridine rings is 1. The van der Waals surface area contributed by atoms with Crippen LogP contribution in [0.5, 0.6) is 0 Å². The first kappa shape index (κ1) is 10.9. The van der Waals surface area contributed by atoms with Crippen LogP contribution in [0.1, 0.15) is 5.69 Å². The largest absolute Gasteiger partial charge is 0.378 e. The molecule has 1 N–H and O–H groups in total. The first-order valence-electron chi connectivity index (χ1n) is 4.80. The minimum Gasteiger partial charge on any atom is -0.378 e. The van der Waals surface area contributed by atoms with E-state index in [-0.39, 0.29) is 0 Å². The zero-order valence-corrected chi connectivity index (χ0v) is 9.62. The lowest BCUT2D eigenvalue weighted by atomic mass is 10.3. The van der Waals surface area contributed by atoms with Crippen LogP contribution in [0.15, 0.2) is 30.5 Å². The first-order chi connectivity index (χ1) is 7.79. The lowest BCUT2D eigenvalue weighted by molar-refractivity contribution is 0.181. The molecule has 0 aliphatic rings. The molecule has 0 atom stereocenters. The molecule has 0 amide bonds. The second-order valence-electron chi connectivity index (χ2n) is 3.24. The third-order valence-corrected chi connectivity index (χ3v) is 2.22. The maximum atomic E-state index is 5.09. The molecule has 5 heteroatoms. The second kappa shape index (κ2) is 4.96. The van der Waals surface area contributed by atoms with Gasteiger partial charge in [0.05, 0.1) is 6.61 Å². The number of nitrogens with zero attached hydrogens (tertiary/aromatic N) is 2. The van der Waals surface area contributed by atoms with Crippen LogP contribution in [0.2, 0.25) is 0 Å². The molecule has 0 saturated heterocycles. The van der Waals surface area contributed by atoms with Gasteiger partial charge in [0.1, 0.15) is 10.3 Å². The molecule has 0 fully saturated rings. The molecular formula is C11H11N3OS. The number of aromatic nitrogens is 3. The molecule has 0 unspecified atom stereocenters. The van der Waals surface area contributed by atoms with Crippen molar-refractivity contribution in [2.75, 3.05) is 7.11 Å². The van der Waals surface area contributed by atoms with Crippen molar-refractivity contribution in [2.45, 2.75) is 6.61 Å². The Labute approximate surface area is 98.3 Å². The van der Waals surface area contributed by atoms with Gasteiger partial charge in [0.2, 0.25) is 0 Å². The molecule has 0 radical (unpaired) electrons. The van der Waals surface area contributed by atoms with Crippen molar-refractivity contribution in [2.24, 2.45) is 0 Å². The van der Waals surface area contributed by atoms with Gasteiger partial charge in [-0.25, -0.2) is 4.98 Å². The molecule has 0 aliphatic carbocycles. The number of nitrogens with one attached hydrogen (secondary N) is 1. The van der Waals surface area contributed by atoms with Crippen molar-refractivity contribution in [1.82, 2.24) is 15.0 Å². The monoisotopic (exact) mass is 233 g/mol. The number of ether oxygens (including phenoxy) is 1. The number of aromatic amines is 1. The standard InChI is InChI=1S/C11H11N3OS/c1-15-7-8-6-10(16)14-11(13-8)9-4-2-3-5-12-9/h2-6H,7H2,1H3,(H,13,14,16). The van der Waals surface area contributed by atoms with Crippen LogP contribution in [0.4, 0.5) is 0 Å². The fraction of sp³-hybridized carbons (Fsp3) is 0.182. The number of rotatable bonds is 3. The van der Waals surface area contributed by atoms with E-state index in [9.17, 15) is 0 Å². The first-order valence-corrected chi connectivity index (χ1v) is 5.21. The summed E-state index contributed by atoms with van der Waals surface area (Å²) in [6.07, 6.45) is 1.72. The van der Waals surface area contributed by atoms with Crippen molar-refractivity contribution in [3.05, 3.63) is 40.8 Å². The Morgan fingerprint density at radius 3 is 3.00 bits per heavy atom. The van der Waals surface area contributed by atoms with Crippen LogP contribution in [0.3, 0.4) is 0 Å². The fourth-order valence-electron chi connectivity index (χ4n) is 1.37. The Balaban J connectivity index is 2.45. The summed E-state index contributed by atoms with van der Waals surface area (Å²) in [6.45, 7) is 0.478. The third kappa shape index (κ3) is 2.50. The summed E-state index contributed by atoms with van der Waals surface area (Å²) in [5.41, 5.74) is 1.66. The van der Waals surface area contributed by atoms with Crippen molar-refractivity contribution in [1.29, 1.82) is 0 Å². The molecular weight excluding hydrogens is 222 g/mol. The van der Waals surface area contributed by atoms with Crippen LogP contribution in [0, 0.1) is 4.64 Å². The van der Waals surface area contributed by atoms with Crippen molar-refractivity contribution < 1.29 is 4.74 Å². The normalized spacial score (nSPS) is 10.3. The van der Waals surface area contributed by atoms with Crippen molar-refractivity contribution in [3.63, 3.8) is 0 Å². The van der Waals surface area contributed by atoms with Gasteiger partial charge >= 0.3 is 0 Å². The van der Waals surface area contributed by atoms with Crippen LogP contribution < -0.4 is 0 Å². The SMILES string of the molecule is COCc1cc(=S)nc(-c2ccccn2)[nH]1. The Morgan fingerprint density at radius 2 is 2.31 bits per heavy atom. The van der Waals surface area contributed by atoms with Crippen LogP contribution >= 0.6 is 12.2 Å². The second-order valence-corrected chi connectivity index (χ2v) is 3.66. The topological polar surface area (TPSA) is 50.8 Å². The fourth-order valence-corrected chi connectivity index (χ4v) is 1.60. The van der Waals surface area contributed by atoms with E-state index in [0.717, 1.165) is 11.4 Å². The van der Waals surface area contributed by atoms with Gasteiger partial charge in [0.15, 0.2) is 5.82 Å². The number of H-pyrrole nitrogens is 1. The molecule has 16 heavy (non-hydrogen) atoms. The van der Waals surface area contributed by atoms with Gasteiger partial charge in [-0.1, -0.05) is 18.3 Å². The van der Waals surface area contributed by atoms with Crippen molar-refractivity contribution in [3.8, 4) is 11.5 Å².